The molecule has 0 bridgehead atoms. The van der Waals surface area contributed by atoms with Crippen LogP contribution in [0.15, 0.2) is 30.6 Å². The number of carbonyl (C=O) groups is 5. The minimum absolute atomic E-state index is 0.0603. The number of carboxylic acid groups (broad SMARTS) is 1. The van der Waals surface area contributed by atoms with Crippen LogP contribution >= 0.6 is 0 Å². The molecule has 0 unspecified atom stereocenters. The Morgan fingerprint density at radius 1 is 1.03 bits per heavy atom. The predicted molar refractivity (Wildman–Crippen MR) is 117 cm³/mol. The first kappa shape index (κ1) is 28.9. The van der Waals surface area contributed by atoms with Crippen LogP contribution in [-0.2, 0) is 24.0 Å². The summed E-state index contributed by atoms with van der Waals surface area (Å²) in [6.45, 7) is 0.0887. The van der Waals surface area contributed by atoms with Crippen LogP contribution in [0.4, 0.5) is 23.2 Å². The molecule has 3 N–H and O–H groups in total. The third-order valence-corrected chi connectivity index (χ3v) is 4.91. The second kappa shape index (κ2) is 13.1. The van der Waals surface area contributed by atoms with Gasteiger partial charge in [0.05, 0.1) is 6.04 Å². The number of hydrogen-bond donors (Lipinski definition) is 3. The Bertz CT molecular complexity index is 1170. The molecule has 0 saturated carbocycles. The van der Waals surface area contributed by atoms with Crippen LogP contribution in [0.3, 0.4) is 0 Å². The van der Waals surface area contributed by atoms with E-state index in [1.54, 1.807) is 0 Å². The van der Waals surface area contributed by atoms with E-state index in [2.05, 4.69) is 20.4 Å². The summed E-state index contributed by atoms with van der Waals surface area (Å²) in [7, 11) is 0. The van der Waals surface area contributed by atoms with Crippen molar-refractivity contribution >= 4 is 35.0 Å². The SMILES string of the molecule is C[C@H](CC(=O)C(=O)Nc1ccncc1)C(=O)N[C@@H](CCC(=O)O)C(=O)COc1c(F)c(F)cc(F)c1F. The lowest BCUT2D eigenvalue weighted by Crippen LogP contribution is -2.45. The first-order valence-corrected chi connectivity index (χ1v) is 10.7. The van der Waals surface area contributed by atoms with Crippen molar-refractivity contribution in [3.05, 3.63) is 53.9 Å². The summed E-state index contributed by atoms with van der Waals surface area (Å²) in [4.78, 5) is 63.9. The monoisotopic (exact) mass is 527 g/mol. The highest BCUT2D eigenvalue weighted by Crippen LogP contribution is 2.26. The van der Waals surface area contributed by atoms with Crippen molar-refractivity contribution in [1.82, 2.24) is 10.3 Å². The van der Waals surface area contributed by atoms with Gasteiger partial charge in [0.25, 0.3) is 5.91 Å². The molecule has 2 rings (SSSR count). The van der Waals surface area contributed by atoms with Gasteiger partial charge < -0.3 is 20.5 Å². The van der Waals surface area contributed by atoms with Gasteiger partial charge in [0, 0.05) is 42.9 Å². The number of ketones is 2. The van der Waals surface area contributed by atoms with Gasteiger partial charge in [-0.3, -0.25) is 29.0 Å². The van der Waals surface area contributed by atoms with E-state index in [4.69, 9.17) is 5.11 Å². The van der Waals surface area contributed by atoms with Crippen molar-refractivity contribution in [2.45, 2.75) is 32.2 Å². The van der Waals surface area contributed by atoms with E-state index in [0.29, 0.717) is 0 Å². The number of hydrogen-bond acceptors (Lipinski definition) is 7. The van der Waals surface area contributed by atoms with Crippen molar-refractivity contribution in [2.75, 3.05) is 11.9 Å². The van der Waals surface area contributed by atoms with E-state index in [9.17, 15) is 41.5 Å². The molecule has 0 spiro atoms. The molecule has 0 aliphatic rings. The van der Waals surface area contributed by atoms with Crippen LogP contribution in [0.2, 0.25) is 0 Å². The number of pyridine rings is 1. The number of aliphatic carboxylic acids is 1. The van der Waals surface area contributed by atoms with Crippen LogP contribution < -0.4 is 15.4 Å². The Kier molecular flexibility index (Phi) is 10.2. The molecule has 198 valence electrons. The third-order valence-electron chi connectivity index (χ3n) is 4.91. The molecule has 0 saturated heterocycles. The molecular formula is C23H21F4N3O7. The molecule has 2 aromatic rings. The Labute approximate surface area is 207 Å². The second-order valence-electron chi connectivity index (χ2n) is 7.76. The molecule has 0 aliphatic heterocycles. The molecule has 1 heterocycles. The highest BCUT2D eigenvalue weighted by molar-refractivity contribution is 6.40. The van der Waals surface area contributed by atoms with Crippen LogP contribution in [-0.4, -0.2) is 52.1 Å². The summed E-state index contributed by atoms with van der Waals surface area (Å²) in [5.41, 5.74) is 0.288. The predicted octanol–water partition coefficient (Wildman–Crippen LogP) is 2.17. The highest BCUT2D eigenvalue weighted by atomic mass is 19.2. The number of halogens is 4. The number of benzene rings is 1. The number of amides is 2. The zero-order valence-electron chi connectivity index (χ0n) is 19.2. The van der Waals surface area contributed by atoms with E-state index in [1.165, 1.54) is 31.5 Å². The lowest BCUT2D eigenvalue weighted by atomic mass is 10.0. The molecule has 1 aromatic heterocycles. The van der Waals surface area contributed by atoms with Gasteiger partial charge >= 0.3 is 5.97 Å². The Morgan fingerprint density at radius 3 is 2.19 bits per heavy atom. The maximum absolute atomic E-state index is 13.8. The normalized spacial score (nSPS) is 12.2. The lowest BCUT2D eigenvalue weighted by Gasteiger charge is -2.20. The summed E-state index contributed by atoms with van der Waals surface area (Å²) in [5.74, 6) is -15.3. The number of Topliss-reactive ketones (excluding diaryl/α,β-unsaturated/α-hetero) is 2. The van der Waals surface area contributed by atoms with Crippen molar-refractivity contribution in [3.8, 4) is 5.75 Å². The standard InChI is InChI=1S/C23H21F4N3O7/c1-11(8-16(31)23(36)29-12-4-6-28-7-5-12)22(35)30-15(2-3-18(33)34)17(32)10-37-21-19(26)13(24)9-14(25)20(21)27/h4-7,9,11,15H,2-3,8,10H2,1H3,(H,30,35)(H,33,34)(H,28,29,36)/t11-,15+/m1/s1. The minimum atomic E-state index is -1.89. The zero-order chi connectivity index (χ0) is 27.7. The first-order valence-electron chi connectivity index (χ1n) is 10.7. The molecule has 10 nitrogen and oxygen atoms in total. The first-order chi connectivity index (χ1) is 17.4. The molecule has 0 radical (unpaired) electrons. The van der Waals surface area contributed by atoms with Crippen LogP contribution in [0.5, 0.6) is 5.75 Å². The van der Waals surface area contributed by atoms with Gasteiger partial charge in [0.1, 0.15) is 6.61 Å². The maximum Gasteiger partial charge on any atom is 0.303 e. The van der Waals surface area contributed by atoms with Crippen LogP contribution in [0.25, 0.3) is 0 Å². The maximum atomic E-state index is 13.8. The molecule has 0 aliphatic carbocycles. The number of nitrogens with one attached hydrogen (secondary N) is 2. The van der Waals surface area contributed by atoms with Gasteiger partial charge in [0.2, 0.25) is 23.3 Å². The Hall–Kier alpha value is -4.36. The van der Waals surface area contributed by atoms with Gasteiger partial charge in [-0.05, 0) is 18.6 Å². The number of ether oxygens (including phenoxy) is 1. The summed E-state index contributed by atoms with van der Waals surface area (Å²) in [5, 5.41) is 13.4. The van der Waals surface area contributed by atoms with Crippen LogP contribution in [0.1, 0.15) is 26.2 Å². The van der Waals surface area contributed by atoms with Crippen LogP contribution in [0, 0.1) is 29.2 Å². The topological polar surface area (TPSA) is 152 Å². The van der Waals surface area contributed by atoms with E-state index in [0.717, 1.165) is 0 Å². The number of carbonyl (C=O) groups excluding carboxylic acids is 4. The van der Waals surface area contributed by atoms with Gasteiger partial charge in [-0.25, -0.2) is 8.78 Å². The number of anilines is 1. The largest absolute Gasteiger partial charge is 0.481 e. The molecule has 0 fully saturated rings. The van der Waals surface area contributed by atoms with E-state index in [-0.39, 0.29) is 11.8 Å². The summed E-state index contributed by atoms with van der Waals surface area (Å²) in [6.07, 6.45) is 1.09. The molecule has 2 amide bonds. The Morgan fingerprint density at radius 2 is 1.62 bits per heavy atom. The van der Waals surface area contributed by atoms with E-state index >= 15 is 0 Å². The molecule has 37 heavy (non-hydrogen) atoms. The number of carboxylic acids is 1. The fourth-order valence-electron chi connectivity index (χ4n) is 2.92. The van der Waals surface area contributed by atoms with E-state index < -0.39 is 96.2 Å². The highest BCUT2D eigenvalue weighted by Gasteiger charge is 2.28. The fraction of sp³-hybridized carbons (Fsp3) is 0.304. The average Bonchev–Trinajstić information content (AvgIpc) is 2.85. The molecular weight excluding hydrogens is 506 g/mol. The van der Waals surface area contributed by atoms with Gasteiger partial charge in [-0.15, -0.1) is 0 Å². The van der Waals surface area contributed by atoms with Gasteiger partial charge in [0.15, 0.2) is 23.2 Å². The van der Waals surface area contributed by atoms with Crippen molar-refractivity contribution < 1.29 is 51.4 Å². The van der Waals surface area contributed by atoms with Gasteiger partial charge in [-0.1, -0.05) is 6.92 Å². The quantitative estimate of drug-likeness (QED) is 0.204. The molecule has 14 heteroatoms. The number of aromatic nitrogens is 1. The minimum Gasteiger partial charge on any atom is -0.481 e. The lowest BCUT2D eigenvalue weighted by molar-refractivity contribution is -0.139. The summed E-state index contributed by atoms with van der Waals surface area (Å²) in [6, 6.07) is 1.24. The molecule has 2 atom stereocenters. The third kappa shape index (κ3) is 8.37. The second-order valence-corrected chi connectivity index (χ2v) is 7.76. The van der Waals surface area contributed by atoms with Crippen molar-refractivity contribution in [3.63, 3.8) is 0 Å². The smallest absolute Gasteiger partial charge is 0.303 e. The number of rotatable bonds is 13. The summed E-state index contributed by atoms with van der Waals surface area (Å²) < 4.78 is 58.8. The van der Waals surface area contributed by atoms with Crippen molar-refractivity contribution in [1.29, 1.82) is 0 Å². The zero-order valence-corrected chi connectivity index (χ0v) is 19.2. The average molecular weight is 527 g/mol. The van der Waals surface area contributed by atoms with Gasteiger partial charge in [-0.2, -0.15) is 8.78 Å². The molecule has 1 aromatic carbocycles. The Balaban J connectivity index is 2.03. The summed E-state index contributed by atoms with van der Waals surface area (Å²) >= 11 is 0. The number of nitrogens with zero attached hydrogens (tertiary/aromatic N) is 1. The van der Waals surface area contributed by atoms with Crippen molar-refractivity contribution in [2.24, 2.45) is 5.92 Å². The fourth-order valence-corrected chi connectivity index (χ4v) is 2.92. The van der Waals surface area contributed by atoms with E-state index in [1.807, 2.05) is 0 Å².